The maximum atomic E-state index is 13.0. The molecule has 1 saturated heterocycles. The summed E-state index contributed by atoms with van der Waals surface area (Å²) in [5, 5.41) is 13.1. The van der Waals surface area contributed by atoms with E-state index in [1.807, 2.05) is 18.7 Å². The van der Waals surface area contributed by atoms with Gasteiger partial charge < -0.3 is 19.9 Å². The number of aromatic nitrogens is 1. The molecule has 186 valence electrons. The second kappa shape index (κ2) is 11.1. The number of carbonyl (C=O) groups is 1. The molecule has 1 N–H and O–H groups in total. The van der Waals surface area contributed by atoms with E-state index in [9.17, 15) is 10.1 Å². The maximum Gasteiger partial charge on any atom is 0.322 e. The summed E-state index contributed by atoms with van der Waals surface area (Å²) in [6, 6.07) is 2.29. The van der Waals surface area contributed by atoms with Crippen molar-refractivity contribution in [2.45, 2.75) is 70.9 Å². The van der Waals surface area contributed by atoms with Gasteiger partial charge in [0.1, 0.15) is 11.9 Å². The van der Waals surface area contributed by atoms with Crippen LogP contribution in [0.3, 0.4) is 0 Å². The van der Waals surface area contributed by atoms with Crippen LogP contribution in [0.25, 0.3) is 0 Å². The number of nitrogens with one attached hydrogen (secondary N) is 1. The van der Waals surface area contributed by atoms with Crippen LogP contribution in [-0.2, 0) is 17.8 Å². The van der Waals surface area contributed by atoms with Crippen LogP contribution in [0.15, 0.2) is 36.6 Å². The van der Waals surface area contributed by atoms with E-state index < -0.39 is 0 Å². The highest BCUT2D eigenvalue weighted by Crippen LogP contribution is 2.39. The average Bonchev–Trinajstić information content (AvgIpc) is 2.90. The Kier molecular flexibility index (Phi) is 7.92. The van der Waals surface area contributed by atoms with Crippen molar-refractivity contribution in [1.82, 2.24) is 15.2 Å². The van der Waals surface area contributed by atoms with E-state index in [2.05, 4.69) is 29.4 Å². The number of carbonyl (C=O) groups excluding carboxylic acids is 1. The average molecular weight is 476 g/mol. The van der Waals surface area contributed by atoms with Crippen molar-refractivity contribution in [2.24, 2.45) is 0 Å². The highest BCUT2D eigenvalue weighted by atomic mass is 16.5. The molecule has 0 unspecified atom stereocenters. The number of amides is 2. The van der Waals surface area contributed by atoms with Crippen molar-refractivity contribution < 1.29 is 9.53 Å². The fourth-order valence-electron chi connectivity index (χ4n) is 5.58. The summed E-state index contributed by atoms with van der Waals surface area (Å²) in [6.07, 6.45) is 10.2. The molecule has 2 aliphatic heterocycles. The summed E-state index contributed by atoms with van der Waals surface area (Å²) in [7, 11) is 0. The topological polar surface area (TPSA) is 81.5 Å². The minimum Gasteiger partial charge on any atom is -0.376 e. The van der Waals surface area contributed by atoms with Crippen LogP contribution >= 0.6 is 0 Å². The summed E-state index contributed by atoms with van der Waals surface area (Å²) >= 11 is 0. The standard InChI is InChI=1S/C28H37N5O2/c1-5-19(3)25(6-2)30-28(34)33-14-13-32(17-20(33)4)27-23(16-29)22-12-15-35-18-24(22)26(31-27)21-10-8-7-9-11-21/h5-6,20-21H,1-2,7-15,17-18H2,3-4H3,(H,30,34)/b25-19+/t20-/m1/s1. The lowest BCUT2D eigenvalue weighted by Gasteiger charge is -2.41. The fraction of sp³-hybridized carbons (Fsp3) is 0.536. The largest absolute Gasteiger partial charge is 0.376 e. The van der Waals surface area contributed by atoms with Gasteiger partial charge >= 0.3 is 6.03 Å². The van der Waals surface area contributed by atoms with E-state index in [0.29, 0.717) is 50.0 Å². The minimum absolute atomic E-state index is 0.0373. The van der Waals surface area contributed by atoms with Crippen LogP contribution < -0.4 is 10.2 Å². The molecule has 7 nitrogen and oxygen atoms in total. The minimum atomic E-state index is -0.146. The van der Waals surface area contributed by atoms with Gasteiger partial charge in [-0.25, -0.2) is 9.78 Å². The molecule has 0 bridgehead atoms. The predicted octanol–water partition coefficient (Wildman–Crippen LogP) is 4.94. The summed E-state index contributed by atoms with van der Waals surface area (Å²) < 4.78 is 5.80. The van der Waals surface area contributed by atoms with Crippen molar-refractivity contribution >= 4 is 11.8 Å². The van der Waals surface area contributed by atoms with Crippen LogP contribution in [0.5, 0.6) is 0 Å². The normalized spacial score (nSPS) is 21.5. The third kappa shape index (κ3) is 5.13. The SMILES string of the molecule is C=C/C(C)=C(\C=C)NC(=O)N1CCN(c2nc(C3CCCCC3)c3c(c2C#N)CCOC3)C[C@H]1C. The van der Waals surface area contributed by atoms with E-state index in [0.717, 1.165) is 47.5 Å². The van der Waals surface area contributed by atoms with Gasteiger partial charge in [0, 0.05) is 42.9 Å². The molecule has 1 aliphatic carbocycles. The second-order valence-electron chi connectivity index (χ2n) is 9.83. The zero-order valence-electron chi connectivity index (χ0n) is 21.1. The van der Waals surface area contributed by atoms with Gasteiger partial charge in [0.15, 0.2) is 0 Å². The number of rotatable bonds is 5. The zero-order valence-corrected chi connectivity index (χ0v) is 21.1. The highest BCUT2D eigenvalue weighted by Gasteiger charge is 2.33. The number of allylic oxidation sites excluding steroid dienone is 3. The van der Waals surface area contributed by atoms with E-state index in [1.165, 1.54) is 19.3 Å². The number of fused-ring (bicyclic) bond motifs is 1. The van der Waals surface area contributed by atoms with Gasteiger partial charge in [-0.2, -0.15) is 5.26 Å². The number of ether oxygens (including phenoxy) is 1. The van der Waals surface area contributed by atoms with E-state index in [1.54, 1.807) is 12.2 Å². The van der Waals surface area contributed by atoms with Crippen LogP contribution in [0.4, 0.5) is 10.6 Å². The molecule has 0 spiro atoms. The summed E-state index contributed by atoms with van der Waals surface area (Å²) in [5.74, 6) is 1.22. The number of pyridine rings is 1. The van der Waals surface area contributed by atoms with Crippen molar-refractivity contribution in [1.29, 1.82) is 5.26 Å². The number of piperazine rings is 1. The first-order valence-corrected chi connectivity index (χ1v) is 12.8. The molecule has 3 heterocycles. The Morgan fingerprint density at radius 3 is 2.63 bits per heavy atom. The molecular weight excluding hydrogens is 438 g/mol. The van der Waals surface area contributed by atoms with Gasteiger partial charge in [-0.1, -0.05) is 38.5 Å². The molecule has 35 heavy (non-hydrogen) atoms. The Morgan fingerprint density at radius 2 is 1.97 bits per heavy atom. The molecule has 1 saturated carbocycles. The van der Waals surface area contributed by atoms with Crippen molar-refractivity contribution in [3.8, 4) is 6.07 Å². The van der Waals surface area contributed by atoms with Crippen LogP contribution in [0.1, 0.15) is 74.3 Å². The number of urea groups is 1. The summed E-state index contributed by atoms with van der Waals surface area (Å²) in [6.45, 7) is 14.5. The highest BCUT2D eigenvalue weighted by molar-refractivity contribution is 5.78. The molecule has 1 aromatic heterocycles. The third-order valence-corrected chi connectivity index (χ3v) is 7.64. The maximum absolute atomic E-state index is 13.0. The molecule has 3 aliphatic rings. The van der Waals surface area contributed by atoms with Crippen molar-refractivity contribution in [2.75, 3.05) is 31.1 Å². The number of nitriles is 1. The molecular formula is C28H37N5O2. The van der Waals surface area contributed by atoms with Crippen molar-refractivity contribution in [3.63, 3.8) is 0 Å². The van der Waals surface area contributed by atoms with Crippen molar-refractivity contribution in [3.05, 3.63) is 59.0 Å². The lowest BCUT2D eigenvalue weighted by atomic mass is 9.82. The Bertz CT molecular complexity index is 1060. The lowest BCUT2D eigenvalue weighted by Crippen LogP contribution is -2.56. The Morgan fingerprint density at radius 1 is 1.20 bits per heavy atom. The monoisotopic (exact) mass is 475 g/mol. The molecule has 1 atom stereocenters. The fourth-order valence-corrected chi connectivity index (χ4v) is 5.58. The second-order valence-corrected chi connectivity index (χ2v) is 9.83. The van der Waals surface area contributed by atoms with Crippen LogP contribution in [0, 0.1) is 11.3 Å². The number of hydrogen-bond donors (Lipinski definition) is 1. The summed E-state index contributed by atoms with van der Waals surface area (Å²) in [5.41, 5.74) is 5.64. The third-order valence-electron chi connectivity index (χ3n) is 7.64. The van der Waals surface area contributed by atoms with Gasteiger partial charge in [0.05, 0.1) is 24.5 Å². The molecule has 0 aromatic carbocycles. The molecule has 0 radical (unpaired) electrons. The van der Waals surface area contributed by atoms with E-state index in [-0.39, 0.29) is 12.1 Å². The molecule has 2 amide bonds. The molecule has 7 heteroatoms. The number of nitrogens with zero attached hydrogens (tertiary/aromatic N) is 4. The molecule has 1 aromatic rings. The number of anilines is 1. The smallest absolute Gasteiger partial charge is 0.322 e. The van der Waals surface area contributed by atoms with Gasteiger partial charge in [-0.05, 0) is 50.3 Å². The Labute approximate surface area is 209 Å². The summed E-state index contributed by atoms with van der Waals surface area (Å²) in [4.78, 5) is 22.2. The van der Waals surface area contributed by atoms with Gasteiger partial charge in [-0.3, -0.25) is 0 Å². The number of hydrogen-bond acceptors (Lipinski definition) is 5. The quantitative estimate of drug-likeness (QED) is 0.610. The Balaban J connectivity index is 1.60. The molecule has 2 fully saturated rings. The first-order chi connectivity index (χ1) is 17.0. The van der Waals surface area contributed by atoms with Crippen LogP contribution in [-0.4, -0.2) is 48.2 Å². The van der Waals surface area contributed by atoms with E-state index in [4.69, 9.17) is 9.72 Å². The lowest BCUT2D eigenvalue weighted by molar-refractivity contribution is 0.109. The van der Waals surface area contributed by atoms with Gasteiger partial charge in [0.25, 0.3) is 0 Å². The van der Waals surface area contributed by atoms with Gasteiger partial charge in [-0.15, -0.1) is 0 Å². The first-order valence-electron chi connectivity index (χ1n) is 12.8. The predicted molar refractivity (Wildman–Crippen MR) is 138 cm³/mol. The zero-order chi connectivity index (χ0) is 24.9. The van der Waals surface area contributed by atoms with Gasteiger partial charge in [0.2, 0.25) is 0 Å². The van der Waals surface area contributed by atoms with Crippen LogP contribution in [0.2, 0.25) is 0 Å². The van der Waals surface area contributed by atoms with E-state index >= 15 is 0 Å². The first kappa shape index (κ1) is 25.0. The Hall–Kier alpha value is -3.11. The molecule has 4 rings (SSSR count).